The van der Waals surface area contributed by atoms with Crippen LogP contribution in [0.5, 0.6) is 0 Å². The Balaban J connectivity index is 1.78. The molecule has 0 saturated heterocycles. The molecule has 3 rings (SSSR count). The highest BCUT2D eigenvalue weighted by Crippen LogP contribution is 2.47. The fraction of sp³-hybridized carbons (Fsp3) is 0.714. The van der Waals surface area contributed by atoms with Crippen LogP contribution in [-0.2, 0) is 0 Å². The van der Waals surface area contributed by atoms with Gasteiger partial charge in [0, 0.05) is 0 Å². The van der Waals surface area contributed by atoms with Gasteiger partial charge in [-0.2, -0.15) is 0 Å². The van der Waals surface area contributed by atoms with Crippen LogP contribution in [0, 0.1) is 23.7 Å². The van der Waals surface area contributed by atoms with Gasteiger partial charge in [-0.05, 0) is 60.8 Å². The van der Waals surface area contributed by atoms with Gasteiger partial charge in [-0.25, -0.2) is 0 Å². The lowest BCUT2D eigenvalue weighted by atomic mass is 9.65. The van der Waals surface area contributed by atoms with Crippen molar-refractivity contribution in [3.05, 3.63) is 35.9 Å². The molecule has 0 atom stereocenters. The van der Waals surface area contributed by atoms with Gasteiger partial charge in [0.15, 0.2) is 0 Å². The van der Waals surface area contributed by atoms with Crippen molar-refractivity contribution in [1.82, 2.24) is 0 Å². The van der Waals surface area contributed by atoms with Crippen LogP contribution >= 0.6 is 0 Å². The summed E-state index contributed by atoms with van der Waals surface area (Å²) < 4.78 is 0. The molecule has 1 aromatic carbocycles. The van der Waals surface area contributed by atoms with E-state index in [4.69, 9.17) is 0 Å². The lowest BCUT2D eigenvalue weighted by molar-refractivity contribution is 0.167. The third-order valence-corrected chi connectivity index (χ3v) is 6.32. The van der Waals surface area contributed by atoms with Crippen molar-refractivity contribution < 1.29 is 0 Å². The average molecular weight is 284 g/mol. The Morgan fingerprint density at radius 1 is 0.667 bits per heavy atom. The smallest absolute Gasteiger partial charge is 0.0105 e. The zero-order valence-corrected chi connectivity index (χ0v) is 13.9. The Hall–Kier alpha value is -0.780. The van der Waals surface area contributed by atoms with Crippen LogP contribution in [0.2, 0.25) is 0 Å². The Labute approximate surface area is 131 Å². The van der Waals surface area contributed by atoms with Crippen molar-refractivity contribution >= 4 is 0 Å². The summed E-state index contributed by atoms with van der Waals surface area (Å²) in [5.74, 6) is 4.66. The van der Waals surface area contributed by atoms with Gasteiger partial charge in [0.05, 0.1) is 0 Å². The van der Waals surface area contributed by atoms with Crippen LogP contribution in [-0.4, -0.2) is 0 Å². The van der Waals surface area contributed by atoms with Crippen LogP contribution in [0.25, 0.3) is 0 Å². The predicted octanol–water partition coefficient (Wildman–Crippen LogP) is 6.42. The summed E-state index contributed by atoms with van der Waals surface area (Å²) in [4.78, 5) is 0. The summed E-state index contributed by atoms with van der Waals surface area (Å²) in [6.07, 6.45) is 11.7. The zero-order valence-electron chi connectivity index (χ0n) is 13.9. The summed E-state index contributed by atoms with van der Waals surface area (Å²) in [5, 5.41) is 0. The SMILES string of the molecule is CC1CCC(C(c2ccccc2)C2CCC(C)CC2)CC1. The highest BCUT2D eigenvalue weighted by atomic mass is 14.4. The monoisotopic (exact) mass is 284 g/mol. The second kappa shape index (κ2) is 6.99. The van der Waals surface area contributed by atoms with Crippen LogP contribution in [0.1, 0.15) is 76.7 Å². The molecule has 0 nitrogen and oxygen atoms in total. The van der Waals surface area contributed by atoms with Gasteiger partial charge in [-0.3, -0.25) is 0 Å². The molecule has 0 unspecified atom stereocenters. The first-order chi connectivity index (χ1) is 10.2. The Bertz CT molecular complexity index is 383. The van der Waals surface area contributed by atoms with Gasteiger partial charge >= 0.3 is 0 Å². The van der Waals surface area contributed by atoms with Gasteiger partial charge in [-0.15, -0.1) is 0 Å². The predicted molar refractivity (Wildman–Crippen MR) is 91.4 cm³/mol. The zero-order chi connectivity index (χ0) is 14.7. The summed E-state index contributed by atoms with van der Waals surface area (Å²) in [5.41, 5.74) is 1.64. The minimum Gasteiger partial charge on any atom is -0.0625 e. The van der Waals surface area contributed by atoms with Crippen molar-refractivity contribution in [2.24, 2.45) is 23.7 Å². The van der Waals surface area contributed by atoms with E-state index in [0.29, 0.717) is 0 Å². The molecule has 0 bridgehead atoms. The van der Waals surface area contributed by atoms with E-state index in [1.54, 1.807) is 5.56 Å². The first-order valence-corrected chi connectivity index (χ1v) is 9.29. The molecule has 2 saturated carbocycles. The third-order valence-electron chi connectivity index (χ3n) is 6.32. The second-order valence-electron chi connectivity index (χ2n) is 7.98. The molecule has 0 heterocycles. The molecule has 0 aliphatic heterocycles. The second-order valence-corrected chi connectivity index (χ2v) is 7.98. The Kier molecular flexibility index (Phi) is 5.03. The normalized spacial score (nSPS) is 35.3. The maximum atomic E-state index is 2.44. The highest BCUT2D eigenvalue weighted by molar-refractivity contribution is 5.21. The molecule has 0 heteroatoms. The number of hydrogen-bond acceptors (Lipinski definition) is 0. The van der Waals surface area contributed by atoms with Gasteiger partial charge in [-0.1, -0.05) is 69.9 Å². The fourth-order valence-corrected chi connectivity index (χ4v) is 4.89. The van der Waals surface area contributed by atoms with Gasteiger partial charge in [0.1, 0.15) is 0 Å². The van der Waals surface area contributed by atoms with Crippen LogP contribution in [0.15, 0.2) is 30.3 Å². The number of hydrogen-bond donors (Lipinski definition) is 0. The average Bonchev–Trinajstić information content (AvgIpc) is 2.52. The molecule has 21 heavy (non-hydrogen) atoms. The molecule has 0 amide bonds. The molecule has 0 N–H and O–H groups in total. The molecule has 2 fully saturated rings. The van der Waals surface area contributed by atoms with Gasteiger partial charge in [0.2, 0.25) is 0 Å². The molecule has 0 aromatic heterocycles. The van der Waals surface area contributed by atoms with Gasteiger partial charge < -0.3 is 0 Å². The highest BCUT2D eigenvalue weighted by Gasteiger charge is 2.34. The molecular formula is C21H32. The fourth-order valence-electron chi connectivity index (χ4n) is 4.89. The van der Waals surface area contributed by atoms with Crippen molar-refractivity contribution in [3.63, 3.8) is 0 Å². The van der Waals surface area contributed by atoms with E-state index in [9.17, 15) is 0 Å². The maximum absolute atomic E-state index is 2.44. The Morgan fingerprint density at radius 3 is 1.52 bits per heavy atom. The summed E-state index contributed by atoms with van der Waals surface area (Å²) >= 11 is 0. The van der Waals surface area contributed by atoms with E-state index in [0.717, 1.165) is 29.6 Å². The molecule has 1 aromatic rings. The molecular weight excluding hydrogens is 252 g/mol. The van der Waals surface area contributed by atoms with E-state index in [1.165, 1.54) is 51.4 Å². The van der Waals surface area contributed by atoms with E-state index in [-0.39, 0.29) is 0 Å². The minimum atomic E-state index is 0.839. The first kappa shape index (κ1) is 15.1. The van der Waals surface area contributed by atoms with E-state index in [2.05, 4.69) is 44.2 Å². The quantitative estimate of drug-likeness (QED) is 0.600. The van der Waals surface area contributed by atoms with Crippen molar-refractivity contribution in [2.75, 3.05) is 0 Å². The van der Waals surface area contributed by atoms with E-state index < -0.39 is 0 Å². The molecule has 116 valence electrons. The van der Waals surface area contributed by atoms with Crippen LogP contribution in [0.3, 0.4) is 0 Å². The van der Waals surface area contributed by atoms with Crippen LogP contribution in [0.4, 0.5) is 0 Å². The van der Waals surface area contributed by atoms with Gasteiger partial charge in [0.25, 0.3) is 0 Å². The summed E-state index contributed by atoms with van der Waals surface area (Å²) in [7, 11) is 0. The Morgan fingerprint density at radius 2 is 1.10 bits per heavy atom. The van der Waals surface area contributed by atoms with Crippen molar-refractivity contribution in [1.29, 1.82) is 0 Å². The molecule has 0 radical (unpaired) electrons. The van der Waals surface area contributed by atoms with Crippen molar-refractivity contribution in [3.8, 4) is 0 Å². The first-order valence-electron chi connectivity index (χ1n) is 9.29. The standard InChI is InChI=1S/C21H32/c1-16-8-12-19(13-9-16)21(18-6-4-3-5-7-18)20-14-10-17(2)11-15-20/h3-7,16-17,19-21H,8-15H2,1-2H3. The lowest BCUT2D eigenvalue weighted by Crippen LogP contribution is -2.28. The summed E-state index contributed by atoms with van der Waals surface area (Å²) in [6.45, 7) is 4.88. The largest absolute Gasteiger partial charge is 0.0625 e. The number of benzene rings is 1. The maximum Gasteiger partial charge on any atom is -0.0105 e. The van der Waals surface area contributed by atoms with Crippen molar-refractivity contribution in [2.45, 2.75) is 71.1 Å². The lowest BCUT2D eigenvalue weighted by Gasteiger charge is -2.40. The topological polar surface area (TPSA) is 0 Å². The van der Waals surface area contributed by atoms with E-state index in [1.807, 2.05) is 0 Å². The van der Waals surface area contributed by atoms with Crippen LogP contribution < -0.4 is 0 Å². The molecule has 0 spiro atoms. The molecule has 2 aliphatic carbocycles. The summed E-state index contributed by atoms with van der Waals surface area (Å²) in [6, 6.07) is 11.5. The number of rotatable bonds is 3. The third kappa shape index (κ3) is 3.71. The minimum absolute atomic E-state index is 0.839. The molecule has 2 aliphatic rings. The van der Waals surface area contributed by atoms with E-state index >= 15 is 0 Å².